The fourth-order valence-electron chi connectivity index (χ4n) is 3.20. The third-order valence-electron chi connectivity index (χ3n) is 4.17. The van der Waals surface area contributed by atoms with Gasteiger partial charge in [-0.05, 0) is 11.5 Å². The molecule has 23 heavy (non-hydrogen) atoms. The van der Waals surface area contributed by atoms with Crippen LogP contribution in [0.3, 0.4) is 0 Å². The van der Waals surface area contributed by atoms with Gasteiger partial charge in [0.1, 0.15) is 11.8 Å². The molecule has 2 N–H and O–H groups in total. The Morgan fingerprint density at radius 1 is 1.30 bits per heavy atom. The second-order valence-electron chi connectivity index (χ2n) is 6.66. The van der Waals surface area contributed by atoms with Crippen molar-refractivity contribution < 1.29 is 9.53 Å². The van der Waals surface area contributed by atoms with Gasteiger partial charge in [-0.3, -0.25) is 10.5 Å². The quantitative estimate of drug-likeness (QED) is 0.855. The average molecular weight is 329 g/mol. The molecule has 0 amide bonds. The van der Waals surface area contributed by atoms with Gasteiger partial charge in [-0.2, -0.15) is 5.26 Å². The Bertz CT molecular complexity index is 799. The fourth-order valence-corrected chi connectivity index (χ4v) is 3.43. The van der Waals surface area contributed by atoms with Crippen molar-refractivity contribution in [2.24, 2.45) is 11.1 Å². The maximum absolute atomic E-state index is 12.7. The number of carbonyl (C=O) groups excluding carboxylic acids is 1. The van der Waals surface area contributed by atoms with Crippen LogP contribution in [0.15, 0.2) is 41.2 Å². The molecule has 5 heteroatoms. The van der Waals surface area contributed by atoms with E-state index >= 15 is 0 Å². The molecule has 2 aliphatic rings. The first-order valence-electron chi connectivity index (χ1n) is 7.42. The monoisotopic (exact) mass is 328 g/mol. The molecule has 1 aromatic rings. The van der Waals surface area contributed by atoms with E-state index in [-0.39, 0.29) is 16.8 Å². The highest BCUT2D eigenvalue weighted by Gasteiger charge is 2.41. The van der Waals surface area contributed by atoms with Crippen LogP contribution in [0.25, 0.3) is 5.57 Å². The van der Waals surface area contributed by atoms with Crippen LogP contribution in [-0.2, 0) is 9.53 Å². The Morgan fingerprint density at radius 2 is 2.00 bits per heavy atom. The predicted molar refractivity (Wildman–Crippen MR) is 88.1 cm³/mol. The number of ketones is 1. The Kier molecular flexibility index (Phi) is 3.79. The standard InChI is InChI=1S/C18H17ClN2O2/c1-18(2)7-13(22)16-14(8-18)23-17(21)11(9-20)15(16)10-5-3-4-6-12(10)19/h3-6,17H,7-8,21H2,1-2H3. The van der Waals surface area contributed by atoms with Crippen LogP contribution >= 0.6 is 11.6 Å². The van der Waals surface area contributed by atoms with Crippen molar-refractivity contribution in [2.45, 2.75) is 32.9 Å². The molecule has 1 aromatic carbocycles. The van der Waals surface area contributed by atoms with E-state index in [0.717, 1.165) is 0 Å². The van der Waals surface area contributed by atoms with Crippen LogP contribution in [-0.4, -0.2) is 12.0 Å². The first kappa shape index (κ1) is 15.8. The molecule has 1 unspecified atom stereocenters. The maximum Gasteiger partial charge on any atom is 0.184 e. The Morgan fingerprint density at radius 3 is 2.65 bits per heavy atom. The summed E-state index contributed by atoms with van der Waals surface area (Å²) in [7, 11) is 0. The molecule has 0 fully saturated rings. The van der Waals surface area contributed by atoms with E-state index < -0.39 is 6.23 Å². The van der Waals surface area contributed by atoms with Crippen molar-refractivity contribution in [1.29, 1.82) is 5.26 Å². The molecule has 1 atom stereocenters. The van der Waals surface area contributed by atoms with E-state index in [4.69, 9.17) is 22.1 Å². The fraction of sp³-hybridized carbons (Fsp3) is 0.333. The zero-order valence-electron chi connectivity index (χ0n) is 13.0. The topological polar surface area (TPSA) is 76.1 Å². The number of halogens is 1. The van der Waals surface area contributed by atoms with Gasteiger partial charge in [-0.25, -0.2) is 0 Å². The van der Waals surface area contributed by atoms with Gasteiger partial charge in [0.05, 0.1) is 11.1 Å². The molecular formula is C18H17ClN2O2. The van der Waals surface area contributed by atoms with Gasteiger partial charge in [0, 0.05) is 29.0 Å². The molecule has 1 aliphatic heterocycles. The number of hydrogen-bond donors (Lipinski definition) is 1. The summed E-state index contributed by atoms with van der Waals surface area (Å²) in [5.74, 6) is 0.526. The third-order valence-corrected chi connectivity index (χ3v) is 4.50. The number of rotatable bonds is 1. The van der Waals surface area contributed by atoms with Crippen LogP contribution in [0, 0.1) is 16.7 Å². The summed E-state index contributed by atoms with van der Waals surface area (Å²) in [6, 6.07) is 9.24. The first-order valence-corrected chi connectivity index (χ1v) is 7.80. The molecule has 4 nitrogen and oxygen atoms in total. The lowest BCUT2D eigenvalue weighted by atomic mass is 9.72. The van der Waals surface area contributed by atoms with Gasteiger partial charge in [-0.1, -0.05) is 43.6 Å². The molecular weight excluding hydrogens is 312 g/mol. The maximum atomic E-state index is 12.7. The van der Waals surface area contributed by atoms with Gasteiger partial charge < -0.3 is 4.74 Å². The number of nitrogens with two attached hydrogens (primary N) is 1. The van der Waals surface area contributed by atoms with Crippen LogP contribution in [0.1, 0.15) is 32.3 Å². The van der Waals surface area contributed by atoms with Gasteiger partial charge in [-0.15, -0.1) is 0 Å². The van der Waals surface area contributed by atoms with Crippen molar-refractivity contribution in [3.8, 4) is 6.07 Å². The lowest BCUT2D eigenvalue weighted by Gasteiger charge is -2.37. The predicted octanol–water partition coefficient (Wildman–Crippen LogP) is 3.58. The van der Waals surface area contributed by atoms with Gasteiger partial charge in [0.2, 0.25) is 0 Å². The molecule has 0 radical (unpaired) electrons. The number of benzene rings is 1. The number of hydrogen-bond acceptors (Lipinski definition) is 4. The minimum Gasteiger partial charge on any atom is -0.474 e. The number of nitriles is 1. The zero-order chi connectivity index (χ0) is 16.8. The normalized spacial score (nSPS) is 23.3. The Labute approximate surface area is 140 Å². The molecule has 0 spiro atoms. The summed E-state index contributed by atoms with van der Waals surface area (Å²) in [6.45, 7) is 4.03. The second-order valence-corrected chi connectivity index (χ2v) is 7.07. The number of ether oxygens (including phenoxy) is 1. The van der Waals surface area contributed by atoms with E-state index in [2.05, 4.69) is 6.07 Å². The molecule has 1 heterocycles. The van der Waals surface area contributed by atoms with Crippen LogP contribution in [0.4, 0.5) is 0 Å². The number of Topliss-reactive ketones (excluding diaryl/α,β-unsaturated/α-hetero) is 1. The van der Waals surface area contributed by atoms with Gasteiger partial charge >= 0.3 is 0 Å². The molecule has 0 bridgehead atoms. The largest absolute Gasteiger partial charge is 0.474 e. The highest BCUT2D eigenvalue weighted by molar-refractivity contribution is 6.33. The average Bonchev–Trinajstić information content (AvgIpc) is 2.45. The highest BCUT2D eigenvalue weighted by atomic mass is 35.5. The van der Waals surface area contributed by atoms with E-state index in [0.29, 0.717) is 40.3 Å². The Hall–Kier alpha value is -2.09. The van der Waals surface area contributed by atoms with Crippen molar-refractivity contribution in [2.75, 3.05) is 0 Å². The van der Waals surface area contributed by atoms with E-state index in [1.807, 2.05) is 19.9 Å². The van der Waals surface area contributed by atoms with Gasteiger partial charge in [0.25, 0.3) is 0 Å². The third kappa shape index (κ3) is 2.67. The molecule has 1 aliphatic carbocycles. The lowest BCUT2D eigenvalue weighted by molar-refractivity contribution is -0.118. The summed E-state index contributed by atoms with van der Waals surface area (Å²) >= 11 is 6.30. The van der Waals surface area contributed by atoms with Crippen LogP contribution < -0.4 is 5.73 Å². The minimum absolute atomic E-state index is 0.0363. The molecule has 3 rings (SSSR count). The summed E-state index contributed by atoms with van der Waals surface area (Å²) in [5.41, 5.74) is 7.69. The minimum atomic E-state index is -0.883. The molecule has 0 saturated carbocycles. The number of allylic oxidation sites excluding steroid dienone is 3. The molecule has 118 valence electrons. The summed E-state index contributed by atoms with van der Waals surface area (Å²) in [4.78, 5) is 12.7. The van der Waals surface area contributed by atoms with Crippen molar-refractivity contribution in [3.05, 3.63) is 51.8 Å². The molecule has 0 saturated heterocycles. The number of nitrogens with zero attached hydrogens (tertiary/aromatic N) is 1. The highest BCUT2D eigenvalue weighted by Crippen LogP contribution is 2.46. The van der Waals surface area contributed by atoms with Crippen LogP contribution in [0.2, 0.25) is 5.02 Å². The smallest absolute Gasteiger partial charge is 0.184 e. The van der Waals surface area contributed by atoms with Crippen LogP contribution in [0.5, 0.6) is 0 Å². The zero-order valence-corrected chi connectivity index (χ0v) is 13.8. The van der Waals surface area contributed by atoms with Crippen molar-refractivity contribution >= 4 is 23.0 Å². The second kappa shape index (κ2) is 5.52. The molecule has 0 aromatic heterocycles. The lowest BCUT2D eigenvalue weighted by Crippen LogP contribution is -2.36. The van der Waals surface area contributed by atoms with Crippen molar-refractivity contribution in [1.82, 2.24) is 0 Å². The summed E-state index contributed by atoms with van der Waals surface area (Å²) < 4.78 is 5.70. The van der Waals surface area contributed by atoms with Gasteiger partial charge in [0.15, 0.2) is 12.0 Å². The summed E-state index contributed by atoms with van der Waals surface area (Å²) in [6.07, 6.45) is 0.123. The first-order chi connectivity index (χ1) is 10.8. The van der Waals surface area contributed by atoms with E-state index in [9.17, 15) is 10.1 Å². The van der Waals surface area contributed by atoms with E-state index in [1.54, 1.807) is 18.2 Å². The van der Waals surface area contributed by atoms with Crippen molar-refractivity contribution in [3.63, 3.8) is 0 Å². The summed E-state index contributed by atoms with van der Waals surface area (Å²) in [5, 5.41) is 10.00. The number of carbonyl (C=O) groups is 1. The Balaban J connectivity index is 2.28. The SMILES string of the molecule is CC1(C)CC(=O)C2=C(C1)OC(N)C(C#N)=C2c1ccccc1Cl. The van der Waals surface area contributed by atoms with E-state index in [1.165, 1.54) is 0 Å².